The van der Waals surface area contributed by atoms with Gasteiger partial charge in [0, 0.05) is 0 Å². The Morgan fingerprint density at radius 1 is 1.25 bits per heavy atom. The molecule has 2 heteroatoms. The van der Waals surface area contributed by atoms with E-state index < -0.39 is 0 Å². The van der Waals surface area contributed by atoms with Crippen LogP contribution in [0.15, 0.2) is 4.99 Å². The van der Waals surface area contributed by atoms with E-state index in [9.17, 15) is 4.79 Å². The SMILES string of the molecule is CC1(CN=C=O)CCCCCC1. The average molecular weight is 167 g/mol. The Morgan fingerprint density at radius 2 is 1.83 bits per heavy atom. The second kappa shape index (κ2) is 4.42. The van der Waals surface area contributed by atoms with E-state index in [4.69, 9.17) is 0 Å². The highest BCUT2D eigenvalue weighted by molar-refractivity contribution is 5.33. The molecule has 0 radical (unpaired) electrons. The monoisotopic (exact) mass is 167 g/mol. The molecule has 0 saturated heterocycles. The maximum absolute atomic E-state index is 9.98. The maximum Gasteiger partial charge on any atom is 0.234 e. The zero-order chi connectivity index (χ0) is 8.86. The van der Waals surface area contributed by atoms with Crippen LogP contribution >= 0.6 is 0 Å². The second-order valence-electron chi connectivity index (χ2n) is 4.13. The molecular weight excluding hydrogens is 150 g/mol. The molecule has 68 valence electrons. The van der Waals surface area contributed by atoms with Crippen molar-refractivity contribution in [2.24, 2.45) is 10.4 Å². The van der Waals surface area contributed by atoms with Crippen molar-refractivity contribution in [2.75, 3.05) is 6.54 Å². The maximum atomic E-state index is 9.98. The lowest BCUT2D eigenvalue weighted by molar-refractivity contribution is 0.290. The van der Waals surface area contributed by atoms with Gasteiger partial charge in [-0.15, -0.1) is 0 Å². The van der Waals surface area contributed by atoms with Gasteiger partial charge in [0.2, 0.25) is 6.08 Å². The standard InChI is InChI=1S/C10H17NO/c1-10(8-11-9-12)6-4-2-3-5-7-10/h2-8H2,1H3. The smallest absolute Gasteiger partial charge is 0.211 e. The van der Waals surface area contributed by atoms with Crippen molar-refractivity contribution in [3.05, 3.63) is 0 Å². The molecule has 0 amide bonds. The van der Waals surface area contributed by atoms with Crippen molar-refractivity contribution >= 4 is 6.08 Å². The molecule has 1 aliphatic rings. The van der Waals surface area contributed by atoms with Crippen molar-refractivity contribution < 1.29 is 4.79 Å². The normalized spacial score (nSPS) is 22.4. The number of carbonyl (C=O) groups excluding carboxylic acids is 1. The number of rotatable bonds is 2. The van der Waals surface area contributed by atoms with Crippen molar-refractivity contribution in [3.8, 4) is 0 Å². The van der Waals surface area contributed by atoms with Gasteiger partial charge in [0.05, 0.1) is 6.54 Å². The molecule has 0 aromatic heterocycles. The van der Waals surface area contributed by atoms with Crippen LogP contribution in [0.1, 0.15) is 45.4 Å². The Labute approximate surface area is 74.1 Å². The molecule has 0 aromatic rings. The predicted molar refractivity (Wildman–Crippen MR) is 48.8 cm³/mol. The third-order valence-electron chi connectivity index (χ3n) is 2.84. The Balaban J connectivity index is 2.47. The summed E-state index contributed by atoms with van der Waals surface area (Å²) in [5, 5.41) is 0. The van der Waals surface area contributed by atoms with Crippen LogP contribution in [-0.4, -0.2) is 12.6 Å². The van der Waals surface area contributed by atoms with E-state index in [1.165, 1.54) is 38.5 Å². The van der Waals surface area contributed by atoms with Gasteiger partial charge in [-0.3, -0.25) is 0 Å². The van der Waals surface area contributed by atoms with Gasteiger partial charge in [-0.25, -0.2) is 9.79 Å². The molecule has 0 unspecified atom stereocenters. The van der Waals surface area contributed by atoms with Gasteiger partial charge in [0.1, 0.15) is 0 Å². The molecule has 1 saturated carbocycles. The molecule has 0 bridgehead atoms. The van der Waals surface area contributed by atoms with Gasteiger partial charge in [-0.1, -0.05) is 32.6 Å². The summed E-state index contributed by atoms with van der Waals surface area (Å²) < 4.78 is 0. The summed E-state index contributed by atoms with van der Waals surface area (Å²) in [5.41, 5.74) is 0.286. The second-order valence-corrected chi connectivity index (χ2v) is 4.13. The van der Waals surface area contributed by atoms with Crippen molar-refractivity contribution in [2.45, 2.75) is 45.4 Å². The lowest BCUT2D eigenvalue weighted by atomic mass is 9.83. The first kappa shape index (κ1) is 9.47. The Hall–Kier alpha value is -0.620. The zero-order valence-corrected chi connectivity index (χ0v) is 7.81. The van der Waals surface area contributed by atoms with Crippen LogP contribution in [0.5, 0.6) is 0 Å². The first-order valence-electron chi connectivity index (χ1n) is 4.80. The molecule has 0 aliphatic heterocycles. The van der Waals surface area contributed by atoms with E-state index in [0.29, 0.717) is 6.54 Å². The van der Waals surface area contributed by atoms with Gasteiger partial charge < -0.3 is 0 Å². The van der Waals surface area contributed by atoms with Crippen LogP contribution in [0.2, 0.25) is 0 Å². The van der Waals surface area contributed by atoms with Crippen molar-refractivity contribution in [3.63, 3.8) is 0 Å². The van der Waals surface area contributed by atoms with Gasteiger partial charge in [-0.2, -0.15) is 0 Å². The lowest BCUT2D eigenvalue weighted by Gasteiger charge is -2.24. The van der Waals surface area contributed by atoms with Crippen LogP contribution in [0.4, 0.5) is 0 Å². The summed E-state index contributed by atoms with van der Waals surface area (Å²) in [6.07, 6.45) is 9.36. The first-order chi connectivity index (χ1) is 5.77. The van der Waals surface area contributed by atoms with E-state index in [-0.39, 0.29) is 5.41 Å². The largest absolute Gasteiger partial charge is 0.234 e. The third-order valence-corrected chi connectivity index (χ3v) is 2.84. The molecular formula is C10H17NO. The number of aliphatic imine (C=N–C) groups is 1. The number of isocyanates is 1. The minimum absolute atomic E-state index is 0.286. The highest BCUT2D eigenvalue weighted by Crippen LogP contribution is 2.34. The number of hydrogen-bond donors (Lipinski definition) is 0. The predicted octanol–water partition coefficient (Wildman–Crippen LogP) is 2.68. The molecule has 12 heavy (non-hydrogen) atoms. The molecule has 1 aliphatic carbocycles. The fraction of sp³-hybridized carbons (Fsp3) is 0.900. The summed E-state index contributed by atoms with van der Waals surface area (Å²) in [7, 11) is 0. The molecule has 0 atom stereocenters. The highest BCUT2D eigenvalue weighted by Gasteiger charge is 2.24. The number of nitrogens with zero attached hydrogens (tertiary/aromatic N) is 1. The Morgan fingerprint density at radius 3 is 2.33 bits per heavy atom. The lowest BCUT2D eigenvalue weighted by Crippen LogP contribution is -2.18. The number of hydrogen-bond acceptors (Lipinski definition) is 2. The van der Waals surface area contributed by atoms with Crippen molar-refractivity contribution in [1.29, 1.82) is 0 Å². The zero-order valence-electron chi connectivity index (χ0n) is 7.81. The molecule has 0 N–H and O–H groups in total. The van der Waals surface area contributed by atoms with Gasteiger partial charge in [0.25, 0.3) is 0 Å². The Kier molecular flexibility index (Phi) is 3.48. The summed E-state index contributed by atoms with van der Waals surface area (Å²) in [5.74, 6) is 0. The summed E-state index contributed by atoms with van der Waals surface area (Å²) in [6, 6.07) is 0. The van der Waals surface area contributed by atoms with Crippen LogP contribution in [-0.2, 0) is 4.79 Å². The van der Waals surface area contributed by atoms with Crippen LogP contribution < -0.4 is 0 Å². The van der Waals surface area contributed by atoms with Crippen LogP contribution in [0, 0.1) is 5.41 Å². The van der Waals surface area contributed by atoms with E-state index in [1.807, 2.05) is 0 Å². The van der Waals surface area contributed by atoms with Gasteiger partial charge in [-0.05, 0) is 18.3 Å². The van der Waals surface area contributed by atoms with E-state index >= 15 is 0 Å². The first-order valence-corrected chi connectivity index (χ1v) is 4.80. The third kappa shape index (κ3) is 2.78. The molecule has 0 aromatic carbocycles. The van der Waals surface area contributed by atoms with Crippen LogP contribution in [0.25, 0.3) is 0 Å². The fourth-order valence-corrected chi connectivity index (χ4v) is 1.96. The topological polar surface area (TPSA) is 29.4 Å². The molecule has 2 nitrogen and oxygen atoms in total. The highest BCUT2D eigenvalue weighted by atomic mass is 16.1. The molecule has 1 fully saturated rings. The minimum atomic E-state index is 0.286. The van der Waals surface area contributed by atoms with Crippen LogP contribution in [0.3, 0.4) is 0 Å². The molecule has 0 heterocycles. The van der Waals surface area contributed by atoms with Gasteiger partial charge in [0.15, 0.2) is 0 Å². The van der Waals surface area contributed by atoms with E-state index in [2.05, 4.69) is 11.9 Å². The summed E-state index contributed by atoms with van der Waals surface area (Å²) in [6.45, 7) is 2.91. The quantitative estimate of drug-likeness (QED) is 0.353. The van der Waals surface area contributed by atoms with E-state index in [0.717, 1.165) is 0 Å². The minimum Gasteiger partial charge on any atom is -0.211 e. The fourth-order valence-electron chi connectivity index (χ4n) is 1.96. The van der Waals surface area contributed by atoms with Crippen molar-refractivity contribution in [1.82, 2.24) is 0 Å². The summed E-state index contributed by atoms with van der Waals surface area (Å²) in [4.78, 5) is 13.7. The summed E-state index contributed by atoms with van der Waals surface area (Å²) >= 11 is 0. The van der Waals surface area contributed by atoms with Gasteiger partial charge >= 0.3 is 0 Å². The molecule has 1 rings (SSSR count). The molecule has 0 spiro atoms. The van der Waals surface area contributed by atoms with E-state index in [1.54, 1.807) is 6.08 Å². The average Bonchev–Trinajstić information content (AvgIpc) is 2.27. The Bertz CT molecular complexity index is 174.